The largest absolute Gasteiger partial charge is 0.376 e. The first-order valence-electron chi connectivity index (χ1n) is 8.91. The van der Waals surface area contributed by atoms with E-state index in [1.807, 2.05) is 35.7 Å². The van der Waals surface area contributed by atoms with Crippen LogP contribution in [-0.2, 0) is 4.74 Å². The molecule has 1 aliphatic rings. The van der Waals surface area contributed by atoms with Crippen molar-refractivity contribution in [2.24, 2.45) is 0 Å². The second kappa shape index (κ2) is 7.98. The SMILES string of the molecule is O=C(c1ccc(F)cc1)N(CC1CCCO1)c1nc(-c2ccccc2)cs1. The third-order valence-corrected chi connectivity index (χ3v) is 5.40. The third kappa shape index (κ3) is 4.07. The number of aromatic nitrogens is 1. The first-order valence-corrected chi connectivity index (χ1v) is 9.78. The van der Waals surface area contributed by atoms with Gasteiger partial charge in [0.2, 0.25) is 0 Å². The Bertz CT molecular complexity index is 905. The molecule has 1 atom stereocenters. The van der Waals surface area contributed by atoms with Gasteiger partial charge in [0.15, 0.2) is 5.13 Å². The van der Waals surface area contributed by atoms with Crippen LogP contribution in [0.15, 0.2) is 60.0 Å². The van der Waals surface area contributed by atoms with Crippen LogP contribution in [0.2, 0.25) is 0 Å². The molecule has 2 aromatic carbocycles. The Hall–Kier alpha value is -2.57. The van der Waals surface area contributed by atoms with Gasteiger partial charge in [-0.2, -0.15) is 0 Å². The van der Waals surface area contributed by atoms with Crippen LogP contribution in [0.4, 0.5) is 9.52 Å². The summed E-state index contributed by atoms with van der Waals surface area (Å²) >= 11 is 1.43. The van der Waals surface area contributed by atoms with Crippen LogP contribution in [0.25, 0.3) is 11.3 Å². The molecule has 1 amide bonds. The molecule has 0 aliphatic carbocycles. The topological polar surface area (TPSA) is 42.4 Å². The highest BCUT2D eigenvalue weighted by Gasteiger charge is 2.27. The zero-order chi connectivity index (χ0) is 18.6. The monoisotopic (exact) mass is 382 g/mol. The van der Waals surface area contributed by atoms with Gasteiger partial charge in [-0.3, -0.25) is 9.69 Å². The quantitative estimate of drug-likeness (QED) is 0.638. The fourth-order valence-electron chi connectivity index (χ4n) is 3.12. The molecule has 4 nitrogen and oxygen atoms in total. The van der Waals surface area contributed by atoms with Crippen molar-refractivity contribution < 1.29 is 13.9 Å². The van der Waals surface area contributed by atoms with Crippen LogP contribution in [0.5, 0.6) is 0 Å². The number of hydrogen-bond acceptors (Lipinski definition) is 4. The van der Waals surface area contributed by atoms with E-state index in [4.69, 9.17) is 4.74 Å². The number of amides is 1. The summed E-state index contributed by atoms with van der Waals surface area (Å²) in [6.45, 7) is 1.16. The summed E-state index contributed by atoms with van der Waals surface area (Å²) in [7, 11) is 0. The van der Waals surface area contributed by atoms with Gasteiger partial charge in [-0.05, 0) is 37.1 Å². The zero-order valence-electron chi connectivity index (χ0n) is 14.7. The molecule has 0 radical (unpaired) electrons. The smallest absolute Gasteiger partial charge is 0.260 e. The zero-order valence-corrected chi connectivity index (χ0v) is 15.5. The number of halogens is 1. The molecule has 27 heavy (non-hydrogen) atoms. The Morgan fingerprint density at radius 3 is 2.67 bits per heavy atom. The van der Waals surface area contributed by atoms with Crippen LogP contribution in [0.3, 0.4) is 0 Å². The maximum atomic E-state index is 13.2. The Labute approximate surface area is 161 Å². The van der Waals surface area contributed by atoms with Crippen LogP contribution in [0, 0.1) is 5.82 Å². The number of thiazole rings is 1. The number of rotatable bonds is 5. The maximum Gasteiger partial charge on any atom is 0.260 e. The van der Waals surface area contributed by atoms with Gasteiger partial charge in [-0.15, -0.1) is 11.3 Å². The molecule has 1 unspecified atom stereocenters. The van der Waals surface area contributed by atoms with Crippen LogP contribution in [-0.4, -0.2) is 30.1 Å². The molecule has 4 rings (SSSR count). The number of anilines is 1. The molecule has 1 aliphatic heterocycles. The number of hydrogen-bond donors (Lipinski definition) is 0. The molecule has 1 fully saturated rings. The number of carbonyl (C=O) groups excluding carboxylic acids is 1. The number of ether oxygens (including phenoxy) is 1. The second-order valence-corrected chi connectivity index (χ2v) is 7.28. The standard InChI is InChI=1S/C21H19FN2O2S/c22-17-10-8-16(9-11-17)20(25)24(13-18-7-4-12-26-18)21-23-19(14-27-21)15-5-2-1-3-6-15/h1-3,5-6,8-11,14,18H,4,7,12-13H2. The van der Waals surface area contributed by atoms with Crippen molar-refractivity contribution >= 4 is 22.4 Å². The molecule has 1 aromatic heterocycles. The van der Waals surface area contributed by atoms with E-state index in [0.29, 0.717) is 17.2 Å². The minimum atomic E-state index is -0.363. The van der Waals surface area contributed by atoms with E-state index < -0.39 is 0 Å². The van der Waals surface area contributed by atoms with E-state index in [9.17, 15) is 9.18 Å². The molecular weight excluding hydrogens is 363 g/mol. The summed E-state index contributed by atoms with van der Waals surface area (Å²) in [4.78, 5) is 19.4. The van der Waals surface area contributed by atoms with Gasteiger partial charge in [-0.25, -0.2) is 9.37 Å². The summed E-state index contributed by atoms with van der Waals surface area (Å²) in [5.74, 6) is -0.558. The minimum absolute atomic E-state index is 0.00141. The minimum Gasteiger partial charge on any atom is -0.376 e. The third-order valence-electron chi connectivity index (χ3n) is 4.54. The van der Waals surface area contributed by atoms with E-state index in [-0.39, 0.29) is 17.8 Å². The van der Waals surface area contributed by atoms with Crippen molar-refractivity contribution in [3.8, 4) is 11.3 Å². The average molecular weight is 382 g/mol. The lowest BCUT2D eigenvalue weighted by atomic mass is 10.1. The van der Waals surface area contributed by atoms with E-state index in [0.717, 1.165) is 30.7 Å². The van der Waals surface area contributed by atoms with Gasteiger partial charge < -0.3 is 4.74 Å². The molecule has 0 spiro atoms. The predicted molar refractivity (Wildman–Crippen MR) is 105 cm³/mol. The number of nitrogens with zero attached hydrogens (tertiary/aromatic N) is 2. The van der Waals surface area contributed by atoms with Crippen molar-refractivity contribution in [2.75, 3.05) is 18.1 Å². The molecule has 0 N–H and O–H groups in total. The van der Waals surface area contributed by atoms with Crippen LogP contribution < -0.4 is 4.90 Å². The highest BCUT2D eigenvalue weighted by molar-refractivity contribution is 7.14. The normalized spacial score (nSPS) is 16.4. The van der Waals surface area contributed by atoms with Crippen molar-refractivity contribution in [1.29, 1.82) is 0 Å². The van der Waals surface area contributed by atoms with Gasteiger partial charge in [0.25, 0.3) is 5.91 Å². The fourth-order valence-corrected chi connectivity index (χ4v) is 3.96. The van der Waals surface area contributed by atoms with Crippen molar-refractivity contribution in [3.63, 3.8) is 0 Å². The van der Waals surface area contributed by atoms with Crippen molar-refractivity contribution in [3.05, 3.63) is 71.4 Å². The van der Waals surface area contributed by atoms with Crippen molar-refractivity contribution in [2.45, 2.75) is 18.9 Å². The number of benzene rings is 2. The van der Waals surface area contributed by atoms with E-state index in [1.54, 1.807) is 4.90 Å². The maximum absolute atomic E-state index is 13.2. The lowest BCUT2D eigenvalue weighted by molar-refractivity contribution is 0.0917. The summed E-state index contributed by atoms with van der Waals surface area (Å²) in [6, 6.07) is 15.5. The van der Waals surface area contributed by atoms with Crippen LogP contribution >= 0.6 is 11.3 Å². The van der Waals surface area contributed by atoms with Gasteiger partial charge in [0.1, 0.15) is 5.82 Å². The molecule has 6 heteroatoms. The molecule has 1 saturated heterocycles. The predicted octanol–water partition coefficient (Wildman–Crippen LogP) is 4.78. The van der Waals surface area contributed by atoms with Gasteiger partial charge in [0, 0.05) is 23.1 Å². The van der Waals surface area contributed by atoms with E-state index in [2.05, 4.69) is 4.98 Å². The van der Waals surface area contributed by atoms with E-state index in [1.165, 1.54) is 35.6 Å². The summed E-state index contributed by atoms with van der Waals surface area (Å²) < 4.78 is 19.0. The Morgan fingerprint density at radius 1 is 1.19 bits per heavy atom. The fraction of sp³-hybridized carbons (Fsp3) is 0.238. The Balaban J connectivity index is 1.64. The average Bonchev–Trinajstić information content (AvgIpc) is 3.39. The van der Waals surface area contributed by atoms with E-state index >= 15 is 0 Å². The second-order valence-electron chi connectivity index (χ2n) is 6.44. The Kier molecular flexibility index (Phi) is 5.27. The number of carbonyl (C=O) groups is 1. The highest BCUT2D eigenvalue weighted by atomic mass is 32.1. The Morgan fingerprint density at radius 2 is 1.96 bits per heavy atom. The molecule has 138 valence electrons. The summed E-state index contributed by atoms with van der Waals surface area (Å²) in [5, 5.41) is 2.57. The summed E-state index contributed by atoms with van der Waals surface area (Å²) in [5.41, 5.74) is 2.28. The van der Waals surface area contributed by atoms with Gasteiger partial charge in [-0.1, -0.05) is 30.3 Å². The summed E-state index contributed by atoms with van der Waals surface area (Å²) in [6.07, 6.45) is 1.92. The van der Waals surface area contributed by atoms with Crippen LogP contribution in [0.1, 0.15) is 23.2 Å². The first kappa shape index (κ1) is 17.8. The molecule has 0 saturated carbocycles. The first-order chi connectivity index (χ1) is 13.2. The highest BCUT2D eigenvalue weighted by Crippen LogP contribution is 2.29. The molecular formula is C21H19FN2O2S. The van der Waals surface area contributed by atoms with Gasteiger partial charge in [0.05, 0.1) is 18.3 Å². The lowest BCUT2D eigenvalue weighted by Crippen LogP contribution is -2.37. The van der Waals surface area contributed by atoms with Gasteiger partial charge >= 0.3 is 0 Å². The molecule has 0 bridgehead atoms. The molecule has 3 aromatic rings. The molecule has 2 heterocycles. The van der Waals surface area contributed by atoms with Crippen molar-refractivity contribution in [1.82, 2.24) is 4.98 Å². The lowest BCUT2D eigenvalue weighted by Gasteiger charge is -2.23.